The van der Waals surface area contributed by atoms with E-state index in [-0.39, 0.29) is 19.1 Å². The molecule has 0 saturated heterocycles. The van der Waals surface area contributed by atoms with Crippen LogP contribution in [0.4, 0.5) is 0 Å². The highest BCUT2D eigenvalue weighted by Gasteiger charge is 2.21. The molecule has 128 valence electrons. The van der Waals surface area contributed by atoms with Crippen LogP contribution in [-0.2, 0) is 11.3 Å². The van der Waals surface area contributed by atoms with Crippen LogP contribution in [0.15, 0.2) is 24.3 Å². The number of hydrogen-bond acceptors (Lipinski definition) is 6. The molecule has 1 aliphatic carbocycles. The Kier molecular flexibility index (Phi) is 5.25. The minimum Gasteiger partial charge on any atom is -0.493 e. The number of carbonyl (C=O) groups is 1. The van der Waals surface area contributed by atoms with Gasteiger partial charge in [-0.05, 0) is 35.4 Å². The Hall–Kier alpha value is -2.64. The Morgan fingerprint density at radius 3 is 2.79 bits per heavy atom. The van der Waals surface area contributed by atoms with Gasteiger partial charge in [-0.2, -0.15) is 0 Å². The van der Waals surface area contributed by atoms with Crippen LogP contribution in [0.3, 0.4) is 0 Å². The molecule has 1 amide bonds. The topological polar surface area (TPSA) is 91.2 Å². The Morgan fingerprint density at radius 1 is 1.29 bits per heavy atom. The molecule has 0 bridgehead atoms. The molecular weight excluding hydrogens is 310 g/mol. The molecule has 24 heavy (non-hydrogen) atoms. The van der Waals surface area contributed by atoms with Gasteiger partial charge in [-0.25, -0.2) is 4.68 Å². The lowest BCUT2D eigenvalue weighted by Gasteiger charge is -2.12. The number of benzene rings is 1. The number of tetrazole rings is 1. The van der Waals surface area contributed by atoms with Gasteiger partial charge in [0.1, 0.15) is 0 Å². The van der Waals surface area contributed by atoms with Crippen LogP contribution in [-0.4, -0.2) is 39.8 Å². The molecule has 0 unspecified atom stereocenters. The molecule has 1 fully saturated rings. The number of carbonyl (C=O) groups excluding carboxylic acids is 1. The fourth-order valence-electron chi connectivity index (χ4n) is 2.87. The first-order valence-electron chi connectivity index (χ1n) is 8.07. The minimum absolute atomic E-state index is 0.0919. The van der Waals surface area contributed by atoms with E-state index < -0.39 is 0 Å². The summed E-state index contributed by atoms with van der Waals surface area (Å²) < 4.78 is 12.5. The standard InChI is InChI=1S/C16H21N5O3/c1-23-13-8-4-5-9-14(13)24-11-16(22)17-10-15-18-19-20-21(15)12-6-2-3-7-12/h4-5,8-9,12H,2-3,6-7,10-11H2,1H3,(H,17,22). The van der Waals surface area contributed by atoms with Crippen molar-refractivity contribution < 1.29 is 14.3 Å². The van der Waals surface area contributed by atoms with E-state index in [9.17, 15) is 4.79 Å². The largest absolute Gasteiger partial charge is 0.493 e. The third-order valence-electron chi connectivity index (χ3n) is 4.10. The van der Waals surface area contributed by atoms with Gasteiger partial charge < -0.3 is 14.8 Å². The summed E-state index contributed by atoms with van der Waals surface area (Å²) in [6, 6.07) is 7.55. The lowest BCUT2D eigenvalue weighted by molar-refractivity contribution is -0.123. The first-order valence-corrected chi connectivity index (χ1v) is 8.07. The molecule has 1 saturated carbocycles. The molecule has 2 aromatic rings. The third kappa shape index (κ3) is 3.81. The summed E-state index contributed by atoms with van der Waals surface area (Å²) in [6.07, 6.45) is 4.57. The molecule has 0 aliphatic heterocycles. The van der Waals surface area contributed by atoms with E-state index in [1.165, 1.54) is 12.8 Å². The second kappa shape index (κ2) is 7.76. The van der Waals surface area contributed by atoms with Crippen molar-refractivity contribution >= 4 is 5.91 Å². The predicted octanol–water partition coefficient (Wildman–Crippen LogP) is 1.49. The van der Waals surface area contributed by atoms with Crippen molar-refractivity contribution in [3.63, 3.8) is 0 Å². The van der Waals surface area contributed by atoms with E-state index in [2.05, 4.69) is 20.8 Å². The van der Waals surface area contributed by atoms with Gasteiger partial charge in [-0.15, -0.1) is 5.10 Å². The summed E-state index contributed by atoms with van der Waals surface area (Å²) in [6.45, 7) is 0.197. The van der Waals surface area contributed by atoms with Crippen molar-refractivity contribution in [3.05, 3.63) is 30.1 Å². The normalized spacial score (nSPS) is 14.5. The van der Waals surface area contributed by atoms with E-state index in [4.69, 9.17) is 9.47 Å². The zero-order valence-corrected chi connectivity index (χ0v) is 13.6. The lowest BCUT2D eigenvalue weighted by Crippen LogP contribution is -2.30. The van der Waals surface area contributed by atoms with Gasteiger partial charge in [-0.1, -0.05) is 25.0 Å². The number of aromatic nitrogens is 4. The molecule has 8 nitrogen and oxygen atoms in total. The number of ether oxygens (including phenoxy) is 2. The molecule has 0 atom stereocenters. The van der Waals surface area contributed by atoms with Crippen molar-refractivity contribution in [3.8, 4) is 11.5 Å². The molecule has 8 heteroatoms. The van der Waals surface area contributed by atoms with Crippen molar-refractivity contribution in [2.45, 2.75) is 38.3 Å². The fraction of sp³-hybridized carbons (Fsp3) is 0.500. The van der Waals surface area contributed by atoms with Crippen LogP contribution in [0, 0.1) is 0 Å². The Bertz CT molecular complexity index is 682. The van der Waals surface area contributed by atoms with Crippen LogP contribution in [0.25, 0.3) is 0 Å². The zero-order valence-electron chi connectivity index (χ0n) is 13.6. The number of rotatable bonds is 7. The molecule has 1 heterocycles. The molecule has 1 aromatic carbocycles. The molecular formula is C16H21N5O3. The van der Waals surface area contributed by atoms with E-state index in [0.717, 1.165) is 12.8 Å². The Labute approximate surface area is 140 Å². The summed E-state index contributed by atoms with van der Waals surface area (Å²) in [7, 11) is 1.56. The van der Waals surface area contributed by atoms with Crippen molar-refractivity contribution in [1.82, 2.24) is 25.5 Å². The summed E-state index contributed by atoms with van der Waals surface area (Å²) in [5.41, 5.74) is 0. The van der Waals surface area contributed by atoms with E-state index in [1.54, 1.807) is 19.2 Å². The Morgan fingerprint density at radius 2 is 2.04 bits per heavy atom. The van der Waals surface area contributed by atoms with Crippen LogP contribution in [0.1, 0.15) is 37.5 Å². The monoisotopic (exact) mass is 331 g/mol. The molecule has 1 aromatic heterocycles. The maximum atomic E-state index is 12.0. The van der Waals surface area contributed by atoms with Gasteiger partial charge in [0.2, 0.25) is 0 Å². The number of nitrogens with zero attached hydrogens (tertiary/aromatic N) is 4. The van der Waals surface area contributed by atoms with Crippen LogP contribution >= 0.6 is 0 Å². The quantitative estimate of drug-likeness (QED) is 0.826. The summed E-state index contributed by atoms with van der Waals surface area (Å²) in [5, 5.41) is 14.6. The van der Waals surface area contributed by atoms with Crippen LogP contribution in [0.5, 0.6) is 11.5 Å². The SMILES string of the molecule is COc1ccccc1OCC(=O)NCc1nnnn1C1CCCC1. The third-order valence-corrected chi connectivity index (χ3v) is 4.10. The second-order valence-corrected chi connectivity index (χ2v) is 5.69. The van der Waals surface area contributed by atoms with Crippen LogP contribution < -0.4 is 14.8 Å². The highest BCUT2D eigenvalue weighted by molar-refractivity contribution is 5.77. The predicted molar refractivity (Wildman–Crippen MR) is 85.7 cm³/mol. The van der Waals surface area contributed by atoms with Gasteiger partial charge in [0.25, 0.3) is 5.91 Å². The van der Waals surface area contributed by atoms with Gasteiger partial charge in [-0.3, -0.25) is 4.79 Å². The van der Waals surface area contributed by atoms with E-state index in [0.29, 0.717) is 23.4 Å². The van der Waals surface area contributed by atoms with Gasteiger partial charge >= 0.3 is 0 Å². The Balaban J connectivity index is 1.50. The summed E-state index contributed by atoms with van der Waals surface area (Å²) in [5.74, 6) is 1.57. The van der Waals surface area contributed by atoms with Crippen molar-refractivity contribution in [2.24, 2.45) is 0 Å². The number of hydrogen-bond donors (Lipinski definition) is 1. The smallest absolute Gasteiger partial charge is 0.258 e. The first kappa shape index (κ1) is 16.2. The van der Waals surface area contributed by atoms with Crippen LogP contribution in [0.2, 0.25) is 0 Å². The van der Waals surface area contributed by atoms with Gasteiger partial charge in [0.15, 0.2) is 23.9 Å². The van der Waals surface area contributed by atoms with E-state index in [1.807, 2.05) is 16.8 Å². The fourth-order valence-corrected chi connectivity index (χ4v) is 2.87. The molecule has 0 radical (unpaired) electrons. The number of para-hydroxylation sites is 2. The molecule has 1 aliphatic rings. The molecule has 3 rings (SSSR count). The summed E-state index contributed by atoms with van der Waals surface area (Å²) >= 11 is 0. The van der Waals surface area contributed by atoms with Gasteiger partial charge in [0.05, 0.1) is 19.7 Å². The second-order valence-electron chi connectivity index (χ2n) is 5.69. The lowest BCUT2D eigenvalue weighted by atomic mass is 10.2. The maximum Gasteiger partial charge on any atom is 0.258 e. The summed E-state index contributed by atoms with van der Waals surface area (Å²) in [4.78, 5) is 12.0. The maximum absolute atomic E-state index is 12.0. The number of methoxy groups -OCH3 is 1. The van der Waals surface area contributed by atoms with Crippen molar-refractivity contribution in [1.29, 1.82) is 0 Å². The molecule has 1 N–H and O–H groups in total. The number of amides is 1. The average molecular weight is 331 g/mol. The number of nitrogens with one attached hydrogen (secondary N) is 1. The van der Waals surface area contributed by atoms with Gasteiger partial charge in [0, 0.05) is 0 Å². The molecule has 0 spiro atoms. The minimum atomic E-state index is -0.234. The van der Waals surface area contributed by atoms with E-state index >= 15 is 0 Å². The zero-order chi connectivity index (χ0) is 16.8. The average Bonchev–Trinajstić information content (AvgIpc) is 3.29. The first-order chi connectivity index (χ1) is 11.8. The highest BCUT2D eigenvalue weighted by atomic mass is 16.5. The van der Waals surface area contributed by atoms with Crippen molar-refractivity contribution in [2.75, 3.05) is 13.7 Å². The highest BCUT2D eigenvalue weighted by Crippen LogP contribution is 2.29.